The van der Waals surface area contributed by atoms with Crippen molar-refractivity contribution in [1.82, 2.24) is 5.01 Å². The average molecular weight is 382 g/mol. The minimum absolute atomic E-state index is 0.0196. The van der Waals surface area contributed by atoms with Gasteiger partial charge in [0, 0.05) is 13.3 Å². The van der Waals surface area contributed by atoms with Gasteiger partial charge >= 0.3 is 5.97 Å². The molecule has 1 spiro atoms. The van der Waals surface area contributed by atoms with Crippen molar-refractivity contribution in [2.45, 2.75) is 25.3 Å². The van der Waals surface area contributed by atoms with Crippen LogP contribution in [0, 0.1) is 5.82 Å². The summed E-state index contributed by atoms with van der Waals surface area (Å²) in [5.41, 5.74) is -1.83. The highest BCUT2D eigenvalue weighted by Crippen LogP contribution is 2.41. The van der Waals surface area contributed by atoms with E-state index in [9.17, 15) is 23.6 Å². The first-order valence-electron chi connectivity index (χ1n) is 7.50. The van der Waals surface area contributed by atoms with Crippen LogP contribution in [0.3, 0.4) is 0 Å². The van der Waals surface area contributed by atoms with Crippen LogP contribution in [0.15, 0.2) is 23.3 Å². The van der Waals surface area contributed by atoms with E-state index in [-0.39, 0.29) is 29.3 Å². The van der Waals surface area contributed by atoms with Gasteiger partial charge in [0.15, 0.2) is 5.54 Å². The Hall–Kier alpha value is -2.81. The Morgan fingerprint density at radius 3 is 2.58 bits per heavy atom. The Morgan fingerprint density at radius 2 is 2.00 bits per heavy atom. The van der Waals surface area contributed by atoms with Gasteiger partial charge in [-0.3, -0.25) is 14.4 Å². The first-order valence-corrected chi connectivity index (χ1v) is 7.88. The molecule has 1 atom stereocenters. The molecule has 0 bridgehead atoms. The quantitative estimate of drug-likeness (QED) is 0.567. The van der Waals surface area contributed by atoms with Crippen molar-refractivity contribution in [1.29, 1.82) is 0 Å². The lowest BCUT2D eigenvalue weighted by Gasteiger charge is -2.28. The van der Waals surface area contributed by atoms with Crippen LogP contribution in [-0.2, 0) is 23.9 Å². The number of benzene rings is 1. The number of imide groups is 1. The predicted octanol–water partition coefficient (Wildman–Crippen LogP) is 1.26. The third-order valence-corrected chi connectivity index (χ3v) is 4.57. The van der Waals surface area contributed by atoms with Gasteiger partial charge in [-0.1, -0.05) is 11.6 Å². The second-order valence-electron chi connectivity index (χ2n) is 5.89. The molecule has 26 heavy (non-hydrogen) atoms. The molecule has 10 heteroatoms. The van der Waals surface area contributed by atoms with Crippen molar-refractivity contribution in [3.63, 3.8) is 0 Å². The van der Waals surface area contributed by atoms with Crippen LogP contribution in [0.4, 0.5) is 10.1 Å². The van der Waals surface area contributed by atoms with Crippen molar-refractivity contribution in [2.24, 2.45) is 5.10 Å². The first-order chi connectivity index (χ1) is 12.2. The largest absolute Gasteiger partial charge is 0.464 e. The van der Waals surface area contributed by atoms with Gasteiger partial charge in [0.2, 0.25) is 11.8 Å². The number of carbonyl (C=O) groups excluding carboxylic acids is 4. The molecule has 1 aromatic carbocycles. The van der Waals surface area contributed by atoms with E-state index in [1.54, 1.807) is 0 Å². The van der Waals surface area contributed by atoms with E-state index < -0.39 is 35.0 Å². The molecular formula is C16H13ClFN3O5. The molecule has 2 aliphatic heterocycles. The number of hydrogen-bond donors (Lipinski definition) is 0. The van der Waals surface area contributed by atoms with Crippen molar-refractivity contribution in [2.75, 3.05) is 12.0 Å². The first kappa shape index (κ1) is 18.0. The number of hydrazone groups is 1. The van der Waals surface area contributed by atoms with Gasteiger partial charge in [-0.15, -0.1) is 0 Å². The number of carbonyl (C=O) groups is 4. The number of amides is 3. The SMILES string of the molecule is COC(=O)C1=NN(C(C)=O)[C@@]2(CC(=O)N(c3ccc(Cl)c(F)c3)C2=O)C1. The van der Waals surface area contributed by atoms with Gasteiger partial charge in [-0.05, 0) is 18.2 Å². The highest BCUT2D eigenvalue weighted by molar-refractivity contribution is 6.39. The number of rotatable bonds is 2. The molecule has 1 fully saturated rings. The van der Waals surface area contributed by atoms with Crippen LogP contribution in [0.2, 0.25) is 5.02 Å². The molecule has 136 valence electrons. The van der Waals surface area contributed by atoms with Crippen LogP contribution in [0.1, 0.15) is 19.8 Å². The molecule has 3 amide bonds. The predicted molar refractivity (Wildman–Crippen MR) is 87.8 cm³/mol. The van der Waals surface area contributed by atoms with Crippen LogP contribution >= 0.6 is 11.6 Å². The number of hydrogen-bond acceptors (Lipinski definition) is 6. The Kier molecular flexibility index (Phi) is 4.27. The lowest BCUT2D eigenvalue weighted by atomic mass is 9.91. The second-order valence-corrected chi connectivity index (χ2v) is 6.29. The summed E-state index contributed by atoms with van der Waals surface area (Å²) in [6.07, 6.45) is -0.657. The molecule has 8 nitrogen and oxygen atoms in total. The van der Waals surface area contributed by atoms with Crippen LogP contribution in [0.5, 0.6) is 0 Å². The zero-order valence-electron chi connectivity index (χ0n) is 13.8. The van der Waals surface area contributed by atoms with Crippen molar-refractivity contribution in [3.05, 3.63) is 29.0 Å². The molecule has 1 saturated heterocycles. The van der Waals surface area contributed by atoms with Crippen LogP contribution < -0.4 is 4.90 Å². The van der Waals surface area contributed by atoms with Crippen molar-refractivity contribution < 1.29 is 28.3 Å². The summed E-state index contributed by atoms with van der Waals surface area (Å²) < 4.78 is 18.3. The van der Waals surface area contributed by atoms with Crippen molar-refractivity contribution >= 4 is 46.7 Å². The van der Waals surface area contributed by atoms with E-state index in [4.69, 9.17) is 11.6 Å². The zero-order chi connectivity index (χ0) is 19.2. The number of nitrogens with zero attached hydrogens (tertiary/aromatic N) is 3. The van der Waals surface area contributed by atoms with Gasteiger partial charge in [0.1, 0.15) is 11.5 Å². The average Bonchev–Trinajstić information content (AvgIpc) is 3.08. The maximum absolute atomic E-state index is 13.7. The van der Waals surface area contributed by atoms with E-state index in [0.717, 1.165) is 30.0 Å². The smallest absolute Gasteiger partial charge is 0.354 e. The number of halogens is 2. The van der Waals surface area contributed by atoms with E-state index in [1.165, 1.54) is 12.1 Å². The maximum atomic E-state index is 13.7. The van der Waals surface area contributed by atoms with E-state index >= 15 is 0 Å². The summed E-state index contributed by atoms with van der Waals surface area (Å²) in [7, 11) is 1.14. The van der Waals surface area contributed by atoms with Gasteiger partial charge in [-0.2, -0.15) is 5.10 Å². The summed E-state index contributed by atoms with van der Waals surface area (Å²) in [6, 6.07) is 3.48. The highest BCUT2D eigenvalue weighted by Gasteiger charge is 2.61. The molecule has 2 aliphatic rings. The third kappa shape index (κ3) is 2.55. The lowest BCUT2D eigenvalue weighted by molar-refractivity contribution is -0.141. The minimum atomic E-state index is -1.66. The second kappa shape index (κ2) is 6.17. The van der Waals surface area contributed by atoms with Gasteiger partial charge in [0.05, 0.1) is 24.2 Å². The molecule has 0 radical (unpaired) electrons. The summed E-state index contributed by atoms with van der Waals surface area (Å²) in [4.78, 5) is 50.1. The molecule has 0 saturated carbocycles. The topological polar surface area (TPSA) is 96.3 Å². The van der Waals surface area contributed by atoms with Crippen LogP contribution in [0.25, 0.3) is 0 Å². The lowest BCUT2D eigenvalue weighted by Crippen LogP contribution is -2.51. The summed E-state index contributed by atoms with van der Waals surface area (Å²) >= 11 is 5.63. The normalized spacial score (nSPS) is 22.2. The van der Waals surface area contributed by atoms with E-state index in [2.05, 4.69) is 9.84 Å². The molecule has 2 heterocycles. The van der Waals surface area contributed by atoms with Gasteiger partial charge in [0.25, 0.3) is 5.91 Å². The van der Waals surface area contributed by atoms with E-state index in [0.29, 0.717) is 0 Å². The summed E-state index contributed by atoms with van der Waals surface area (Å²) in [6.45, 7) is 1.16. The Labute approximate surface area is 152 Å². The van der Waals surface area contributed by atoms with Crippen LogP contribution in [-0.4, -0.2) is 47.1 Å². The van der Waals surface area contributed by atoms with Gasteiger partial charge < -0.3 is 4.74 Å². The zero-order valence-corrected chi connectivity index (χ0v) is 14.5. The maximum Gasteiger partial charge on any atom is 0.354 e. The standard InChI is InChI=1S/C16H13ClFN3O5/c1-8(22)21-16(6-12(19-21)14(24)26-2)7-13(23)20(15(16)25)9-3-4-10(17)11(18)5-9/h3-5H,6-7H2,1-2H3/t16-/m1/s1. The monoisotopic (exact) mass is 381 g/mol. The fraction of sp³-hybridized carbons (Fsp3) is 0.312. The Morgan fingerprint density at radius 1 is 1.31 bits per heavy atom. The summed E-state index contributed by atoms with van der Waals surface area (Å²) in [5.74, 6) is -3.64. The molecule has 1 aromatic rings. The summed E-state index contributed by atoms with van der Waals surface area (Å²) in [5, 5.41) is 4.53. The molecular weight excluding hydrogens is 369 g/mol. The molecule has 0 aliphatic carbocycles. The third-order valence-electron chi connectivity index (χ3n) is 4.26. The molecule has 3 rings (SSSR count). The number of anilines is 1. The van der Waals surface area contributed by atoms with Gasteiger partial charge in [-0.25, -0.2) is 19.1 Å². The highest BCUT2D eigenvalue weighted by atomic mass is 35.5. The molecule has 0 unspecified atom stereocenters. The van der Waals surface area contributed by atoms with Crippen molar-refractivity contribution in [3.8, 4) is 0 Å². The number of ether oxygens (including phenoxy) is 1. The molecule has 0 N–H and O–H groups in total. The minimum Gasteiger partial charge on any atom is -0.464 e. The number of esters is 1. The fourth-order valence-electron chi connectivity index (χ4n) is 3.12. The Bertz CT molecular complexity index is 887. The Balaban J connectivity index is 2.03. The van der Waals surface area contributed by atoms with E-state index in [1.807, 2.05) is 0 Å². The fourth-order valence-corrected chi connectivity index (χ4v) is 3.24. The molecule has 0 aromatic heterocycles. The number of methoxy groups -OCH3 is 1.